The molecule has 2 rings (SSSR count). The van der Waals surface area contributed by atoms with Crippen LogP contribution in [-0.4, -0.2) is 49.0 Å². The molecule has 5 nitrogen and oxygen atoms in total. The van der Waals surface area contributed by atoms with Crippen molar-refractivity contribution in [2.24, 2.45) is 0 Å². The van der Waals surface area contributed by atoms with Crippen molar-refractivity contribution in [3.05, 3.63) is 29.6 Å². The summed E-state index contributed by atoms with van der Waals surface area (Å²) in [5, 5.41) is 0. The summed E-state index contributed by atoms with van der Waals surface area (Å²) in [7, 11) is 4.93. The number of imidazole rings is 1. The van der Waals surface area contributed by atoms with E-state index in [1.165, 1.54) is 6.07 Å². The van der Waals surface area contributed by atoms with Gasteiger partial charge in [-0.25, -0.2) is 4.98 Å². The van der Waals surface area contributed by atoms with Crippen LogP contribution in [0, 0.1) is 0 Å². The van der Waals surface area contributed by atoms with Gasteiger partial charge < -0.3 is 14.5 Å². The lowest BCUT2D eigenvalue weighted by molar-refractivity contribution is -0.137. The third-order valence-corrected chi connectivity index (χ3v) is 3.26. The molecule has 0 aliphatic carbocycles. The molecule has 0 aliphatic heterocycles. The smallest absolute Gasteiger partial charge is 0.355 e. The number of nitrogens with zero attached hydrogens (tertiary/aromatic N) is 2. The van der Waals surface area contributed by atoms with E-state index in [9.17, 15) is 13.2 Å². The lowest BCUT2D eigenvalue weighted by Crippen LogP contribution is -2.31. The predicted octanol–water partition coefficient (Wildman–Crippen LogP) is 2.63. The van der Waals surface area contributed by atoms with Gasteiger partial charge in [0.25, 0.3) is 0 Å². The first-order valence-corrected chi connectivity index (χ1v) is 6.63. The number of hydrogen-bond acceptors (Lipinski definition) is 4. The fourth-order valence-electron chi connectivity index (χ4n) is 2.13. The molecule has 1 heterocycles. The maximum atomic E-state index is 12.7. The van der Waals surface area contributed by atoms with Gasteiger partial charge in [0.05, 0.1) is 23.1 Å². The number of aromatic amines is 1. The standard InChI is InChI=1S/C14H18F3N3O2/c1-20(8-13(21-2)22-3)7-12-18-10-5-4-9(14(15,16)17)6-11(10)19-12/h4-6,13H,7-8H2,1-3H3,(H,18,19). The average Bonchev–Trinajstić information content (AvgIpc) is 2.84. The lowest BCUT2D eigenvalue weighted by Gasteiger charge is -2.20. The quantitative estimate of drug-likeness (QED) is 0.832. The van der Waals surface area contributed by atoms with Gasteiger partial charge in [0.15, 0.2) is 6.29 Å². The first-order chi connectivity index (χ1) is 10.3. The number of H-pyrrole nitrogens is 1. The van der Waals surface area contributed by atoms with Crippen LogP contribution in [0.25, 0.3) is 11.0 Å². The van der Waals surface area contributed by atoms with Gasteiger partial charge in [0, 0.05) is 20.8 Å². The molecule has 2 aromatic rings. The molecule has 0 fully saturated rings. The molecule has 0 bridgehead atoms. The van der Waals surface area contributed by atoms with Gasteiger partial charge in [-0.1, -0.05) is 0 Å². The normalized spacial score (nSPS) is 12.7. The van der Waals surface area contributed by atoms with Gasteiger partial charge >= 0.3 is 6.18 Å². The first-order valence-electron chi connectivity index (χ1n) is 6.63. The van der Waals surface area contributed by atoms with Crippen LogP contribution in [-0.2, 0) is 22.2 Å². The fraction of sp³-hybridized carbons (Fsp3) is 0.500. The number of aromatic nitrogens is 2. The molecule has 0 aliphatic rings. The number of rotatable bonds is 6. The molecule has 122 valence electrons. The minimum atomic E-state index is -4.36. The molecule has 1 aromatic heterocycles. The Balaban J connectivity index is 2.12. The molecular formula is C14H18F3N3O2. The maximum Gasteiger partial charge on any atom is 0.416 e. The summed E-state index contributed by atoms with van der Waals surface area (Å²) < 4.78 is 48.3. The first kappa shape index (κ1) is 16.7. The molecule has 1 N–H and O–H groups in total. The van der Waals surface area contributed by atoms with Crippen LogP contribution < -0.4 is 0 Å². The van der Waals surface area contributed by atoms with Gasteiger partial charge in [-0.05, 0) is 25.2 Å². The summed E-state index contributed by atoms with van der Waals surface area (Å²) in [6.45, 7) is 0.955. The van der Waals surface area contributed by atoms with Crippen LogP contribution in [0.2, 0.25) is 0 Å². The van der Waals surface area contributed by atoms with Gasteiger partial charge in [0.1, 0.15) is 5.82 Å². The zero-order chi connectivity index (χ0) is 16.3. The van der Waals surface area contributed by atoms with E-state index in [-0.39, 0.29) is 6.29 Å². The third-order valence-electron chi connectivity index (χ3n) is 3.26. The van der Waals surface area contributed by atoms with Crippen LogP contribution in [0.5, 0.6) is 0 Å². The molecule has 0 spiro atoms. The van der Waals surface area contributed by atoms with E-state index in [2.05, 4.69) is 9.97 Å². The van der Waals surface area contributed by atoms with E-state index in [0.717, 1.165) is 12.1 Å². The zero-order valence-electron chi connectivity index (χ0n) is 12.6. The Labute approximate surface area is 126 Å². The van der Waals surface area contributed by atoms with E-state index in [1.807, 2.05) is 11.9 Å². The van der Waals surface area contributed by atoms with Crippen molar-refractivity contribution in [2.45, 2.75) is 19.0 Å². The monoisotopic (exact) mass is 317 g/mol. The van der Waals surface area contributed by atoms with Gasteiger partial charge in [0.2, 0.25) is 0 Å². The molecule has 1 aromatic carbocycles. The van der Waals surface area contributed by atoms with Crippen molar-refractivity contribution in [1.82, 2.24) is 14.9 Å². The summed E-state index contributed by atoms with van der Waals surface area (Å²) in [5.41, 5.74) is 0.182. The molecule has 0 amide bonds. The lowest BCUT2D eigenvalue weighted by atomic mass is 10.2. The fourth-order valence-corrected chi connectivity index (χ4v) is 2.13. The average molecular weight is 317 g/mol. The van der Waals surface area contributed by atoms with Crippen LogP contribution in [0.1, 0.15) is 11.4 Å². The summed E-state index contributed by atoms with van der Waals surface area (Å²) in [6, 6.07) is 3.47. The Bertz CT molecular complexity index is 623. The predicted molar refractivity (Wildman–Crippen MR) is 75.2 cm³/mol. The Hall–Kier alpha value is -1.64. The number of hydrogen-bond donors (Lipinski definition) is 1. The second kappa shape index (κ2) is 6.64. The Kier molecular flexibility index (Phi) is 5.05. The number of alkyl halides is 3. The highest BCUT2D eigenvalue weighted by Gasteiger charge is 2.30. The number of nitrogens with one attached hydrogen (secondary N) is 1. The molecular weight excluding hydrogens is 299 g/mol. The summed E-state index contributed by atoms with van der Waals surface area (Å²) in [6.07, 6.45) is -4.73. The highest BCUT2D eigenvalue weighted by atomic mass is 19.4. The minimum Gasteiger partial charge on any atom is -0.355 e. The summed E-state index contributed by atoms with van der Waals surface area (Å²) >= 11 is 0. The van der Waals surface area contributed by atoms with Crippen molar-refractivity contribution in [3.63, 3.8) is 0 Å². The SMILES string of the molecule is COC(CN(C)Cc1nc2ccc(C(F)(F)F)cc2[nH]1)OC. The number of benzene rings is 1. The number of methoxy groups -OCH3 is 2. The van der Waals surface area contributed by atoms with Crippen LogP contribution in [0.3, 0.4) is 0 Å². The van der Waals surface area contributed by atoms with Gasteiger partial charge in [-0.2, -0.15) is 13.2 Å². The topological polar surface area (TPSA) is 50.4 Å². The van der Waals surface area contributed by atoms with Crippen molar-refractivity contribution >= 4 is 11.0 Å². The van der Waals surface area contributed by atoms with Gasteiger partial charge in [-0.3, -0.25) is 4.90 Å². The minimum absolute atomic E-state index is 0.369. The van der Waals surface area contributed by atoms with E-state index in [4.69, 9.17) is 9.47 Å². The Morgan fingerprint density at radius 1 is 1.27 bits per heavy atom. The summed E-state index contributed by atoms with van der Waals surface area (Å²) in [5.74, 6) is 0.586. The van der Waals surface area contributed by atoms with Crippen molar-refractivity contribution < 1.29 is 22.6 Å². The highest BCUT2D eigenvalue weighted by Crippen LogP contribution is 2.30. The number of ether oxygens (including phenoxy) is 2. The largest absolute Gasteiger partial charge is 0.416 e. The summed E-state index contributed by atoms with van der Waals surface area (Å²) in [4.78, 5) is 9.11. The molecule has 22 heavy (non-hydrogen) atoms. The molecule has 0 unspecified atom stereocenters. The van der Waals surface area contributed by atoms with E-state index in [1.54, 1.807) is 14.2 Å². The van der Waals surface area contributed by atoms with Gasteiger partial charge in [-0.15, -0.1) is 0 Å². The molecule has 0 saturated carbocycles. The van der Waals surface area contributed by atoms with Crippen LogP contribution >= 0.6 is 0 Å². The van der Waals surface area contributed by atoms with E-state index in [0.29, 0.717) is 29.9 Å². The molecule has 0 atom stereocenters. The van der Waals surface area contributed by atoms with Crippen LogP contribution in [0.15, 0.2) is 18.2 Å². The van der Waals surface area contributed by atoms with E-state index >= 15 is 0 Å². The highest BCUT2D eigenvalue weighted by molar-refractivity contribution is 5.76. The van der Waals surface area contributed by atoms with E-state index < -0.39 is 11.7 Å². The third kappa shape index (κ3) is 3.96. The molecule has 8 heteroatoms. The molecule has 0 radical (unpaired) electrons. The number of fused-ring (bicyclic) bond motifs is 1. The maximum absolute atomic E-state index is 12.7. The Morgan fingerprint density at radius 2 is 1.95 bits per heavy atom. The number of likely N-dealkylation sites (N-methyl/N-ethyl adjacent to an activating group) is 1. The van der Waals surface area contributed by atoms with Crippen molar-refractivity contribution in [1.29, 1.82) is 0 Å². The Morgan fingerprint density at radius 3 is 2.55 bits per heavy atom. The molecule has 0 saturated heterocycles. The number of halogens is 3. The van der Waals surface area contributed by atoms with Crippen molar-refractivity contribution in [2.75, 3.05) is 27.8 Å². The second-order valence-corrected chi connectivity index (χ2v) is 5.01. The van der Waals surface area contributed by atoms with Crippen LogP contribution in [0.4, 0.5) is 13.2 Å². The second-order valence-electron chi connectivity index (χ2n) is 5.01. The van der Waals surface area contributed by atoms with Crippen molar-refractivity contribution in [3.8, 4) is 0 Å². The zero-order valence-corrected chi connectivity index (χ0v) is 12.6.